The lowest BCUT2D eigenvalue weighted by Crippen LogP contribution is -2.44. The molecule has 2 rings (SSSR count). The van der Waals surface area contributed by atoms with E-state index in [-0.39, 0.29) is 29.9 Å². The number of carboxylic acid groups (broad SMARTS) is 1. The highest BCUT2D eigenvalue weighted by Crippen LogP contribution is 2.38. The predicted octanol–water partition coefficient (Wildman–Crippen LogP) is 3.08. The summed E-state index contributed by atoms with van der Waals surface area (Å²) in [5.74, 6) is -1.35. The Kier molecular flexibility index (Phi) is 8.68. The van der Waals surface area contributed by atoms with Gasteiger partial charge in [0.1, 0.15) is 6.04 Å². The Morgan fingerprint density at radius 2 is 1.58 bits per heavy atom. The highest BCUT2D eigenvalue weighted by Gasteiger charge is 2.24. The smallest absolute Gasteiger partial charge is 0.303 e. The maximum Gasteiger partial charge on any atom is 0.303 e. The molecule has 0 heterocycles. The normalized spacial score (nSPS) is 11.2. The number of aliphatic carboxylic acids is 1. The lowest BCUT2D eigenvalue weighted by atomic mass is 10.1. The lowest BCUT2D eigenvalue weighted by molar-refractivity contribution is -0.137. The third kappa shape index (κ3) is 6.61. The Morgan fingerprint density at radius 1 is 1.00 bits per heavy atom. The van der Waals surface area contributed by atoms with Crippen LogP contribution in [-0.2, 0) is 9.59 Å². The van der Waals surface area contributed by atoms with Gasteiger partial charge in [0, 0.05) is 22.1 Å². The van der Waals surface area contributed by atoms with E-state index in [1.54, 1.807) is 24.3 Å². The Labute approximate surface area is 187 Å². The Balaban J connectivity index is 2.25. The van der Waals surface area contributed by atoms with Crippen LogP contribution >= 0.6 is 15.9 Å². The van der Waals surface area contributed by atoms with Crippen LogP contribution in [0, 0.1) is 0 Å². The van der Waals surface area contributed by atoms with E-state index in [2.05, 4.69) is 26.6 Å². The molecule has 0 fully saturated rings. The first-order valence-electron chi connectivity index (χ1n) is 9.18. The van der Waals surface area contributed by atoms with E-state index in [0.29, 0.717) is 11.4 Å². The summed E-state index contributed by atoms with van der Waals surface area (Å²) in [6, 6.07) is 8.66. The number of carbonyl (C=O) groups excluding carboxylic acids is 2. The van der Waals surface area contributed by atoms with Crippen molar-refractivity contribution in [2.24, 2.45) is 0 Å². The molecule has 0 aliphatic carbocycles. The van der Waals surface area contributed by atoms with Crippen LogP contribution in [0.5, 0.6) is 17.2 Å². The molecule has 9 nitrogen and oxygen atoms in total. The highest BCUT2D eigenvalue weighted by molar-refractivity contribution is 9.10. The molecule has 0 saturated carbocycles. The monoisotopic (exact) mass is 494 g/mol. The molecular weight excluding hydrogens is 472 g/mol. The van der Waals surface area contributed by atoms with Crippen molar-refractivity contribution in [2.45, 2.75) is 18.9 Å². The predicted molar refractivity (Wildman–Crippen MR) is 117 cm³/mol. The van der Waals surface area contributed by atoms with Gasteiger partial charge in [0.05, 0.1) is 21.3 Å². The molecule has 2 aromatic carbocycles. The summed E-state index contributed by atoms with van der Waals surface area (Å²) in [4.78, 5) is 36.6. The maximum atomic E-state index is 12.8. The number of carbonyl (C=O) groups is 3. The number of carboxylic acids is 1. The summed E-state index contributed by atoms with van der Waals surface area (Å²) in [5.41, 5.74) is 0.668. The van der Waals surface area contributed by atoms with E-state index in [9.17, 15) is 14.4 Å². The molecule has 0 unspecified atom stereocenters. The van der Waals surface area contributed by atoms with Crippen LogP contribution in [0.3, 0.4) is 0 Å². The van der Waals surface area contributed by atoms with E-state index >= 15 is 0 Å². The van der Waals surface area contributed by atoms with Crippen LogP contribution < -0.4 is 24.8 Å². The third-order valence-electron chi connectivity index (χ3n) is 4.31. The number of hydrogen-bond acceptors (Lipinski definition) is 6. The van der Waals surface area contributed by atoms with E-state index < -0.39 is 23.8 Å². The van der Waals surface area contributed by atoms with Crippen LogP contribution in [0.4, 0.5) is 5.69 Å². The summed E-state index contributed by atoms with van der Waals surface area (Å²) >= 11 is 3.31. The number of amides is 2. The second-order valence-corrected chi connectivity index (χ2v) is 7.28. The zero-order valence-corrected chi connectivity index (χ0v) is 18.8. The molecule has 10 heteroatoms. The first-order chi connectivity index (χ1) is 14.8. The first-order valence-corrected chi connectivity index (χ1v) is 9.97. The van der Waals surface area contributed by atoms with Crippen molar-refractivity contribution in [3.63, 3.8) is 0 Å². The minimum Gasteiger partial charge on any atom is -0.493 e. The van der Waals surface area contributed by atoms with Crippen molar-refractivity contribution in [2.75, 3.05) is 26.6 Å². The summed E-state index contributed by atoms with van der Waals surface area (Å²) < 4.78 is 16.6. The number of nitrogens with one attached hydrogen (secondary N) is 2. The molecule has 1 atom stereocenters. The molecule has 0 radical (unpaired) electrons. The maximum absolute atomic E-state index is 12.8. The molecule has 0 aromatic heterocycles. The van der Waals surface area contributed by atoms with Gasteiger partial charge in [-0.15, -0.1) is 0 Å². The lowest BCUT2D eigenvalue weighted by Gasteiger charge is -2.19. The number of methoxy groups -OCH3 is 3. The number of hydrogen-bond donors (Lipinski definition) is 3. The average molecular weight is 495 g/mol. The zero-order valence-electron chi connectivity index (χ0n) is 17.2. The van der Waals surface area contributed by atoms with Crippen molar-refractivity contribution in [1.29, 1.82) is 0 Å². The summed E-state index contributed by atoms with van der Waals surface area (Å²) in [6.45, 7) is 0. The van der Waals surface area contributed by atoms with Gasteiger partial charge in [-0.05, 0) is 42.8 Å². The van der Waals surface area contributed by atoms with Crippen LogP contribution in [-0.4, -0.2) is 50.3 Å². The zero-order chi connectivity index (χ0) is 23.0. The Hall–Kier alpha value is -3.27. The van der Waals surface area contributed by atoms with Gasteiger partial charge >= 0.3 is 5.97 Å². The molecule has 0 spiro atoms. The van der Waals surface area contributed by atoms with Gasteiger partial charge in [-0.3, -0.25) is 14.4 Å². The fourth-order valence-electron chi connectivity index (χ4n) is 2.75. The third-order valence-corrected chi connectivity index (χ3v) is 4.84. The molecule has 0 aliphatic rings. The number of halogens is 1. The second-order valence-electron chi connectivity index (χ2n) is 6.37. The second kappa shape index (κ2) is 11.2. The van der Waals surface area contributed by atoms with Gasteiger partial charge in [-0.25, -0.2) is 0 Å². The topological polar surface area (TPSA) is 123 Å². The van der Waals surface area contributed by atoms with E-state index in [1.165, 1.54) is 33.5 Å². The summed E-state index contributed by atoms with van der Waals surface area (Å²) in [6.07, 6.45) is -0.387. The van der Waals surface area contributed by atoms with Crippen LogP contribution in [0.2, 0.25) is 0 Å². The van der Waals surface area contributed by atoms with E-state index in [4.69, 9.17) is 19.3 Å². The van der Waals surface area contributed by atoms with Crippen LogP contribution in [0.1, 0.15) is 23.2 Å². The molecule has 0 saturated heterocycles. The number of ether oxygens (including phenoxy) is 3. The first kappa shape index (κ1) is 24.0. The van der Waals surface area contributed by atoms with Gasteiger partial charge in [-0.1, -0.05) is 15.9 Å². The average Bonchev–Trinajstić information content (AvgIpc) is 2.76. The largest absolute Gasteiger partial charge is 0.493 e. The molecule has 166 valence electrons. The van der Waals surface area contributed by atoms with Crippen LogP contribution in [0.15, 0.2) is 40.9 Å². The number of rotatable bonds is 10. The van der Waals surface area contributed by atoms with Gasteiger partial charge in [0.2, 0.25) is 11.7 Å². The quantitative estimate of drug-likeness (QED) is 0.463. The van der Waals surface area contributed by atoms with Crippen molar-refractivity contribution in [3.05, 3.63) is 46.4 Å². The van der Waals surface area contributed by atoms with Crippen LogP contribution in [0.25, 0.3) is 0 Å². The molecule has 2 amide bonds. The minimum absolute atomic E-state index is 0.0894. The van der Waals surface area contributed by atoms with Gasteiger partial charge in [0.25, 0.3) is 5.91 Å². The molecule has 2 aromatic rings. The fraction of sp³-hybridized carbons (Fsp3) is 0.286. The molecule has 0 bridgehead atoms. The molecular formula is C21H23BrN2O7. The molecule has 3 N–H and O–H groups in total. The van der Waals surface area contributed by atoms with Crippen molar-refractivity contribution < 1.29 is 33.7 Å². The minimum atomic E-state index is -1.08. The van der Waals surface area contributed by atoms with Crippen molar-refractivity contribution in [1.82, 2.24) is 5.32 Å². The van der Waals surface area contributed by atoms with E-state index in [0.717, 1.165) is 4.47 Å². The summed E-state index contributed by atoms with van der Waals surface area (Å²) in [7, 11) is 4.27. The van der Waals surface area contributed by atoms with Crippen molar-refractivity contribution >= 4 is 39.4 Å². The van der Waals surface area contributed by atoms with Gasteiger partial charge in [0.15, 0.2) is 11.5 Å². The van der Waals surface area contributed by atoms with E-state index in [1.807, 2.05) is 0 Å². The van der Waals surface area contributed by atoms with Gasteiger partial charge < -0.3 is 30.0 Å². The van der Waals surface area contributed by atoms with Gasteiger partial charge in [-0.2, -0.15) is 0 Å². The molecule has 31 heavy (non-hydrogen) atoms. The van der Waals surface area contributed by atoms with Crippen molar-refractivity contribution in [3.8, 4) is 17.2 Å². The number of benzene rings is 2. The summed E-state index contributed by atoms with van der Waals surface area (Å²) in [5, 5.41) is 14.3. The standard InChI is InChI=1S/C21H23BrN2O7/c1-29-16-10-12(11-17(30-2)19(16)31-3)20(27)24-15(8-9-18(25)26)21(28)23-14-6-4-13(22)5-7-14/h4-7,10-11,15H,8-9H2,1-3H3,(H,23,28)(H,24,27)(H,25,26)/t15-/m1/s1. The number of anilines is 1. The fourth-order valence-corrected chi connectivity index (χ4v) is 3.02. The SMILES string of the molecule is COc1cc(C(=O)N[C@H](CCC(=O)O)C(=O)Nc2ccc(Br)cc2)cc(OC)c1OC. The highest BCUT2D eigenvalue weighted by atomic mass is 79.9. The molecule has 0 aliphatic heterocycles. The Morgan fingerprint density at radius 3 is 2.06 bits per heavy atom. The Bertz CT molecular complexity index is 922.